The van der Waals surface area contributed by atoms with Crippen LogP contribution in [0.4, 0.5) is 0 Å². The molecule has 39 heavy (non-hydrogen) atoms. The van der Waals surface area contributed by atoms with Crippen molar-refractivity contribution in [3.05, 3.63) is 133 Å². The molecular weight excluding hydrogens is 555 g/mol. The molecule has 0 spiro atoms. The van der Waals surface area contributed by atoms with E-state index in [9.17, 15) is 0 Å². The molecule has 2 nitrogen and oxygen atoms in total. The summed E-state index contributed by atoms with van der Waals surface area (Å²) in [6.07, 6.45) is 0. The Morgan fingerprint density at radius 3 is 1.15 bits per heavy atom. The van der Waals surface area contributed by atoms with Crippen molar-refractivity contribution in [2.24, 2.45) is 0 Å². The number of benzene rings is 4. The minimum absolute atomic E-state index is 0. The second-order valence-electron chi connectivity index (χ2n) is 9.29. The molecule has 188 valence electrons. The molecular formula is C34H24Cl2N2Ti. The van der Waals surface area contributed by atoms with Crippen molar-refractivity contribution in [3.63, 3.8) is 0 Å². The van der Waals surface area contributed by atoms with Crippen LogP contribution >= 0.6 is 0 Å². The summed E-state index contributed by atoms with van der Waals surface area (Å²) in [6.45, 7) is 0. The molecule has 2 heterocycles. The largest absolute Gasteiger partial charge is 4.00 e. The van der Waals surface area contributed by atoms with E-state index in [2.05, 4.69) is 143 Å². The number of fused-ring (bicyclic) bond motifs is 4. The van der Waals surface area contributed by atoms with Gasteiger partial charge in [0.15, 0.2) is 0 Å². The minimum atomic E-state index is 0. The van der Waals surface area contributed by atoms with Gasteiger partial charge >= 0.3 is 21.7 Å². The molecule has 0 aliphatic heterocycles. The molecule has 0 amide bonds. The van der Waals surface area contributed by atoms with Gasteiger partial charge in [-0.2, -0.15) is 0 Å². The molecule has 0 aliphatic carbocycles. The normalized spacial score (nSPS) is 10.5. The van der Waals surface area contributed by atoms with E-state index in [1.807, 2.05) is 0 Å². The van der Waals surface area contributed by atoms with Gasteiger partial charge in [-0.3, -0.25) is 0 Å². The van der Waals surface area contributed by atoms with Crippen LogP contribution in [0.2, 0.25) is 0 Å². The Hall–Kier alpha value is -3.53. The standard InChI is InChI=1S/2C17H12N.2ClH.Ti/c2*1-2-6-13-10-15(9-12(13)5-1)17-11-14-7-3-4-8-16(14)18-17;;;/h2*1-11,18H;2*1H;/q2*-1;;;+4/p-2. The molecule has 0 atom stereocenters. The molecule has 0 unspecified atom stereocenters. The zero-order chi connectivity index (χ0) is 23.9. The van der Waals surface area contributed by atoms with Gasteiger partial charge in [-0.05, 0) is 34.3 Å². The molecule has 8 rings (SSSR count). The summed E-state index contributed by atoms with van der Waals surface area (Å²) in [5.41, 5.74) is 7.27. The second-order valence-corrected chi connectivity index (χ2v) is 9.29. The Bertz CT molecular complexity index is 1550. The average Bonchev–Trinajstić information content (AvgIpc) is 3.70. The van der Waals surface area contributed by atoms with Crippen molar-refractivity contribution in [3.8, 4) is 22.5 Å². The SMILES string of the molecule is [Cl-].[Cl-].[Ti+4].c1ccc2[cH-]c(-c3cc4ccccc4[nH]3)cc2c1.c1ccc2[cH-]c(-c3cc4ccccc4[nH]3)cc2c1. The van der Waals surface area contributed by atoms with Gasteiger partial charge in [0.1, 0.15) is 0 Å². The fourth-order valence-corrected chi connectivity index (χ4v) is 5.07. The van der Waals surface area contributed by atoms with Gasteiger partial charge in [-0.15, -0.1) is 69.1 Å². The van der Waals surface area contributed by atoms with E-state index in [0.717, 1.165) is 0 Å². The van der Waals surface area contributed by atoms with E-state index in [4.69, 9.17) is 0 Å². The number of aromatic amines is 2. The van der Waals surface area contributed by atoms with Crippen molar-refractivity contribution in [2.75, 3.05) is 0 Å². The smallest absolute Gasteiger partial charge is 1.00 e. The van der Waals surface area contributed by atoms with Gasteiger partial charge in [0.05, 0.1) is 0 Å². The monoisotopic (exact) mass is 578 g/mol. The van der Waals surface area contributed by atoms with Gasteiger partial charge in [0, 0.05) is 11.0 Å². The van der Waals surface area contributed by atoms with Crippen LogP contribution in [0.3, 0.4) is 0 Å². The summed E-state index contributed by atoms with van der Waals surface area (Å²) in [4.78, 5) is 6.95. The summed E-state index contributed by atoms with van der Waals surface area (Å²) in [6, 6.07) is 47.1. The summed E-state index contributed by atoms with van der Waals surface area (Å²) in [5.74, 6) is 0. The number of para-hydroxylation sites is 2. The Kier molecular flexibility index (Phi) is 8.85. The summed E-state index contributed by atoms with van der Waals surface area (Å²) < 4.78 is 0. The minimum Gasteiger partial charge on any atom is -1.00 e. The third-order valence-electron chi connectivity index (χ3n) is 6.92. The maximum Gasteiger partial charge on any atom is 4.00 e. The van der Waals surface area contributed by atoms with Crippen molar-refractivity contribution < 1.29 is 46.5 Å². The van der Waals surface area contributed by atoms with Crippen LogP contribution in [0.5, 0.6) is 0 Å². The number of aromatic nitrogens is 2. The van der Waals surface area contributed by atoms with Crippen LogP contribution in [0.1, 0.15) is 0 Å². The molecule has 8 aromatic rings. The molecule has 0 bridgehead atoms. The zero-order valence-electron chi connectivity index (χ0n) is 21.0. The van der Waals surface area contributed by atoms with Crippen LogP contribution < -0.4 is 24.8 Å². The Morgan fingerprint density at radius 1 is 0.410 bits per heavy atom. The van der Waals surface area contributed by atoms with E-state index in [-0.39, 0.29) is 46.5 Å². The number of hydrogen-bond donors (Lipinski definition) is 2. The summed E-state index contributed by atoms with van der Waals surface area (Å²) >= 11 is 0. The third kappa shape index (κ3) is 5.61. The van der Waals surface area contributed by atoms with Crippen LogP contribution in [0.15, 0.2) is 133 Å². The first-order valence-electron chi connectivity index (χ1n) is 12.3. The third-order valence-corrected chi connectivity index (χ3v) is 6.92. The molecule has 5 heteroatoms. The maximum atomic E-state index is 3.47. The quantitative estimate of drug-likeness (QED) is 0.233. The predicted molar refractivity (Wildman–Crippen MR) is 154 cm³/mol. The first kappa shape index (κ1) is 28.5. The van der Waals surface area contributed by atoms with E-state index >= 15 is 0 Å². The number of nitrogens with one attached hydrogen (secondary N) is 2. The van der Waals surface area contributed by atoms with Gasteiger partial charge in [-0.25, -0.2) is 0 Å². The molecule has 6 aromatic carbocycles. The molecule has 0 saturated carbocycles. The predicted octanol–water partition coefficient (Wildman–Crippen LogP) is 3.42. The zero-order valence-corrected chi connectivity index (χ0v) is 24.0. The first-order valence-corrected chi connectivity index (χ1v) is 12.3. The molecule has 0 saturated heterocycles. The fraction of sp³-hybridized carbons (Fsp3) is 0. The Labute approximate surface area is 254 Å². The van der Waals surface area contributed by atoms with Crippen LogP contribution in [-0.4, -0.2) is 9.97 Å². The van der Waals surface area contributed by atoms with E-state index in [1.54, 1.807) is 0 Å². The van der Waals surface area contributed by atoms with Gasteiger partial charge in [0.25, 0.3) is 0 Å². The van der Waals surface area contributed by atoms with Crippen molar-refractivity contribution in [1.29, 1.82) is 0 Å². The molecule has 0 radical (unpaired) electrons. The van der Waals surface area contributed by atoms with Gasteiger partial charge in [0.2, 0.25) is 0 Å². The second kappa shape index (κ2) is 12.1. The van der Waals surface area contributed by atoms with Crippen LogP contribution in [0, 0.1) is 0 Å². The summed E-state index contributed by atoms with van der Waals surface area (Å²) in [5, 5.41) is 7.71. The first-order chi connectivity index (χ1) is 17.8. The van der Waals surface area contributed by atoms with E-state index in [0.29, 0.717) is 0 Å². The van der Waals surface area contributed by atoms with Crippen molar-refractivity contribution in [1.82, 2.24) is 9.97 Å². The molecule has 0 fully saturated rings. The Balaban J connectivity index is 0.000000168. The fourth-order valence-electron chi connectivity index (χ4n) is 5.07. The summed E-state index contributed by atoms with van der Waals surface area (Å²) in [7, 11) is 0. The van der Waals surface area contributed by atoms with Crippen LogP contribution in [0.25, 0.3) is 65.9 Å². The molecule has 2 N–H and O–H groups in total. The topological polar surface area (TPSA) is 31.6 Å². The Morgan fingerprint density at radius 2 is 0.769 bits per heavy atom. The van der Waals surface area contributed by atoms with Crippen molar-refractivity contribution >= 4 is 43.4 Å². The molecule has 0 aliphatic rings. The van der Waals surface area contributed by atoms with E-state index < -0.39 is 0 Å². The van der Waals surface area contributed by atoms with E-state index in [1.165, 1.54) is 65.9 Å². The van der Waals surface area contributed by atoms with Crippen LogP contribution in [-0.2, 0) is 21.7 Å². The maximum absolute atomic E-state index is 3.47. The van der Waals surface area contributed by atoms with Gasteiger partial charge < -0.3 is 34.8 Å². The number of halogens is 2. The van der Waals surface area contributed by atoms with Crippen molar-refractivity contribution in [2.45, 2.75) is 0 Å². The number of rotatable bonds is 2. The average molecular weight is 579 g/mol. The van der Waals surface area contributed by atoms with Gasteiger partial charge in [-0.1, -0.05) is 84.9 Å². The number of H-pyrrole nitrogens is 2. The number of hydrogen-bond acceptors (Lipinski definition) is 0. The molecule has 2 aromatic heterocycles.